The number of hydrogen-bond acceptors (Lipinski definition) is 10. The molecule has 0 aromatic carbocycles. The summed E-state index contributed by atoms with van der Waals surface area (Å²) in [5.41, 5.74) is -1.49. The standard InChI is InChI=1S/C23H45N4O9P/c1-22(2,3)35-37(34,36-23(4,5)6)18-27-13-11-25(16-20(30)31)9-7-24(15-19(28)29)8-10-26(12-14-27)17-21(32)33/h7-18H2,1-6H3,(H,28,29)(H,30,31)(H,32,33). The van der Waals surface area contributed by atoms with Crippen LogP contribution in [0.15, 0.2) is 0 Å². The molecule has 0 atom stereocenters. The lowest BCUT2D eigenvalue weighted by Crippen LogP contribution is -2.48. The molecule has 1 aliphatic rings. The van der Waals surface area contributed by atoms with E-state index in [0.29, 0.717) is 52.4 Å². The number of rotatable bonds is 10. The Morgan fingerprint density at radius 3 is 1.05 bits per heavy atom. The summed E-state index contributed by atoms with van der Waals surface area (Å²) in [5, 5.41) is 28.0. The van der Waals surface area contributed by atoms with Gasteiger partial charge in [-0.25, -0.2) is 0 Å². The molecule has 1 aliphatic heterocycles. The summed E-state index contributed by atoms with van der Waals surface area (Å²) >= 11 is 0. The number of nitrogens with zero attached hydrogens (tertiary/aromatic N) is 4. The second-order valence-electron chi connectivity index (χ2n) is 11.3. The van der Waals surface area contributed by atoms with Gasteiger partial charge in [-0.15, -0.1) is 0 Å². The normalized spacial score (nSPS) is 19.2. The minimum Gasteiger partial charge on any atom is -0.480 e. The van der Waals surface area contributed by atoms with Gasteiger partial charge >= 0.3 is 25.5 Å². The number of aliphatic carboxylic acids is 3. The molecule has 0 radical (unpaired) electrons. The first-order valence-corrected chi connectivity index (χ1v) is 14.1. The summed E-state index contributed by atoms with van der Waals surface area (Å²) in [6, 6.07) is 0. The summed E-state index contributed by atoms with van der Waals surface area (Å²) in [6.07, 6.45) is -0.0471. The first-order chi connectivity index (χ1) is 16.9. The highest BCUT2D eigenvalue weighted by Gasteiger charge is 2.37. The maximum absolute atomic E-state index is 13.9. The van der Waals surface area contributed by atoms with E-state index in [1.807, 2.05) is 4.90 Å². The third-order valence-corrected chi connectivity index (χ3v) is 7.60. The number of carbonyl (C=O) groups is 3. The molecule has 1 heterocycles. The third kappa shape index (κ3) is 16.1. The van der Waals surface area contributed by atoms with E-state index in [1.54, 1.807) is 56.2 Å². The zero-order chi connectivity index (χ0) is 28.4. The van der Waals surface area contributed by atoms with Gasteiger partial charge in [-0.2, -0.15) is 0 Å². The molecule has 1 rings (SSSR count). The van der Waals surface area contributed by atoms with E-state index in [-0.39, 0.29) is 25.9 Å². The molecule has 1 fully saturated rings. The Kier molecular flexibility index (Phi) is 13.1. The van der Waals surface area contributed by atoms with Gasteiger partial charge in [0.05, 0.1) is 30.8 Å². The molecule has 0 bridgehead atoms. The zero-order valence-electron chi connectivity index (χ0n) is 23.0. The Labute approximate surface area is 219 Å². The van der Waals surface area contributed by atoms with E-state index in [2.05, 4.69) is 0 Å². The second-order valence-corrected chi connectivity index (χ2v) is 13.2. The second kappa shape index (κ2) is 14.5. The van der Waals surface area contributed by atoms with Gasteiger partial charge < -0.3 is 24.4 Å². The van der Waals surface area contributed by atoms with Crippen LogP contribution >= 0.6 is 7.60 Å². The van der Waals surface area contributed by atoms with Crippen molar-refractivity contribution < 1.29 is 43.3 Å². The monoisotopic (exact) mass is 552 g/mol. The molecule has 0 saturated carbocycles. The lowest BCUT2D eigenvalue weighted by Gasteiger charge is -2.37. The SMILES string of the molecule is CC(C)(C)OP(=O)(CN1CCN(CC(=O)O)CCN(CC(=O)O)CCN(CC(=O)O)CC1)OC(C)(C)C. The van der Waals surface area contributed by atoms with Crippen molar-refractivity contribution in [3.05, 3.63) is 0 Å². The maximum atomic E-state index is 13.9. The molecule has 3 N–H and O–H groups in total. The average molecular weight is 553 g/mol. The van der Waals surface area contributed by atoms with Gasteiger partial charge in [0.25, 0.3) is 0 Å². The van der Waals surface area contributed by atoms with Gasteiger partial charge in [0.15, 0.2) is 0 Å². The topological polar surface area (TPSA) is 160 Å². The minimum absolute atomic E-state index is 0.0471. The summed E-state index contributed by atoms with van der Waals surface area (Å²) in [6.45, 7) is 12.5. The summed E-state index contributed by atoms with van der Waals surface area (Å²) < 4.78 is 25.7. The lowest BCUT2D eigenvalue weighted by atomic mass is 10.2. The molecule has 0 aromatic heterocycles. The number of carboxylic acids is 3. The van der Waals surface area contributed by atoms with Crippen molar-refractivity contribution in [1.29, 1.82) is 0 Å². The van der Waals surface area contributed by atoms with Crippen LogP contribution in [-0.4, -0.2) is 142 Å². The van der Waals surface area contributed by atoms with Crippen LogP contribution in [0.2, 0.25) is 0 Å². The Bertz CT molecular complexity index is 761. The van der Waals surface area contributed by atoms with Crippen LogP contribution in [0.3, 0.4) is 0 Å². The molecule has 14 heteroatoms. The number of hydrogen-bond donors (Lipinski definition) is 3. The highest BCUT2D eigenvalue weighted by molar-refractivity contribution is 7.53. The van der Waals surface area contributed by atoms with Crippen LogP contribution in [0.4, 0.5) is 0 Å². The Morgan fingerprint density at radius 2 is 0.838 bits per heavy atom. The van der Waals surface area contributed by atoms with Crippen LogP contribution in [0.5, 0.6) is 0 Å². The first-order valence-electron chi connectivity index (χ1n) is 12.4. The smallest absolute Gasteiger partial charge is 0.345 e. The van der Waals surface area contributed by atoms with E-state index in [9.17, 15) is 34.3 Å². The summed E-state index contributed by atoms with van der Waals surface area (Å²) in [5.74, 6) is -3.02. The molecular weight excluding hydrogens is 507 g/mol. The quantitative estimate of drug-likeness (QED) is 0.332. The van der Waals surface area contributed by atoms with E-state index in [1.165, 1.54) is 0 Å². The average Bonchev–Trinajstić information content (AvgIpc) is 2.65. The highest BCUT2D eigenvalue weighted by Crippen LogP contribution is 2.54. The fraction of sp³-hybridized carbons (Fsp3) is 0.870. The van der Waals surface area contributed by atoms with Crippen molar-refractivity contribution in [3.63, 3.8) is 0 Å². The summed E-state index contributed by atoms with van der Waals surface area (Å²) in [7, 11) is -3.65. The Hall–Kier alpha value is -1.60. The van der Waals surface area contributed by atoms with E-state index < -0.39 is 36.7 Å². The van der Waals surface area contributed by atoms with Gasteiger partial charge in [0.1, 0.15) is 6.29 Å². The zero-order valence-corrected chi connectivity index (χ0v) is 23.9. The molecule has 1 saturated heterocycles. The molecule has 0 unspecified atom stereocenters. The van der Waals surface area contributed by atoms with Crippen LogP contribution in [0.25, 0.3) is 0 Å². The Morgan fingerprint density at radius 1 is 0.595 bits per heavy atom. The summed E-state index contributed by atoms with van der Waals surface area (Å²) in [4.78, 5) is 41.2. The van der Waals surface area contributed by atoms with Gasteiger partial charge in [-0.1, -0.05) is 0 Å². The predicted molar refractivity (Wildman–Crippen MR) is 138 cm³/mol. The van der Waals surface area contributed by atoms with E-state index in [4.69, 9.17) is 9.05 Å². The van der Waals surface area contributed by atoms with Crippen molar-refractivity contribution in [2.24, 2.45) is 0 Å². The lowest BCUT2D eigenvalue weighted by molar-refractivity contribution is -0.140. The van der Waals surface area contributed by atoms with Crippen LogP contribution in [0.1, 0.15) is 41.5 Å². The molecule has 0 spiro atoms. The maximum Gasteiger partial charge on any atom is 0.345 e. The molecule has 37 heavy (non-hydrogen) atoms. The first kappa shape index (κ1) is 33.4. The van der Waals surface area contributed by atoms with Gasteiger partial charge in [-0.3, -0.25) is 38.5 Å². The minimum atomic E-state index is -3.65. The largest absolute Gasteiger partial charge is 0.480 e. The van der Waals surface area contributed by atoms with Crippen LogP contribution in [0, 0.1) is 0 Å². The molecule has 0 aliphatic carbocycles. The van der Waals surface area contributed by atoms with Crippen molar-refractivity contribution in [2.45, 2.75) is 52.7 Å². The fourth-order valence-corrected chi connectivity index (χ4v) is 6.52. The third-order valence-electron chi connectivity index (χ3n) is 5.21. The fourth-order valence-electron chi connectivity index (χ4n) is 3.92. The van der Waals surface area contributed by atoms with Crippen molar-refractivity contribution in [2.75, 3.05) is 78.3 Å². The van der Waals surface area contributed by atoms with E-state index >= 15 is 0 Å². The van der Waals surface area contributed by atoms with Crippen molar-refractivity contribution in [3.8, 4) is 0 Å². The van der Waals surface area contributed by atoms with E-state index in [0.717, 1.165) is 0 Å². The highest BCUT2D eigenvalue weighted by atomic mass is 31.2. The molecule has 13 nitrogen and oxygen atoms in total. The van der Waals surface area contributed by atoms with Crippen LogP contribution < -0.4 is 0 Å². The number of carboxylic acid groups (broad SMARTS) is 3. The van der Waals surface area contributed by atoms with Gasteiger partial charge in [0.2, 0.25) is 0 Å². The Balaban J connectivity index is 3.22. The molecular formula is C23H45N4O9P. The van der Waals surface area contributed by atoms with Crippen molar-refractivity contribution in [1.82, 2.24) is 19.6 Å². The van der Waals surface area contributed by atoms with Crippen LogP contribution in [-0.2, 0) is 28.0 Å². The molecule has 216 valence electrons. The van der Waals surface area contributed by atoms with Gasteiger partial charge in [-0.05, 0) is 41.5 Å². The molecule has 0 amide bonds. The van der Waals surface area contributed by atoms with Gasteiger partial charge in [0, 0.05) is 52.4 Å². The predicted octanol–water partition coefficient (Wildman–Crippen LogP) is 1.24. The van der Waals surface area contributed by atoms with Crippen molar-refractivity contribution >= 4 is 25.5 Å². The molecule has 0 aromatic rings.